The highest BCUT2D eigenvalue weighted by Crippen LogP contribution is 2.34. The minimum Gasteiger partial charge on any atom is -0.493 e. The molecule has 1 aliphatic carbocycles. The van der Waals surface area contributed by atoms with Crippen LogP contribution in [0.4, 0.5) is 0 Å². The number of carbonyl (C=O) groups excluding carboxylic acids is 1. The summed E-state index contributed by atoms with van der Waals surface area (Å²) >= 11 is 12.9. The second kappa shape index (κ2) is 13.1. The molecule has 1 fully saturated rings. The second-order valence-electron chi connectivity index (χ2n) is 7.14. The molecule has 0 radical (unpaired) electrons. The quantitative estimate of drug-likeness (QED) is 0.148. The predicted octanol–water partition coefficient (Wildman–Crippen LogP) is 7.05. The summed E-state index contributed by atoms with van der Waals surface area (Å²) < 4.78 is 25.3. The van der Waals surface area contributed by atoms with Gasteiger partial charge in [-0.2, -0.15) is 0 Å². The van der Waals surface area contributed by atoms with Crippen LogP contribution in [0, 0.1) is 0 Å². The molecule has 0 heterocycles. The van der Waals surface area contributed by atoms with Crippen LogP contribution >= 0.6 is 64.6 Å². The fourth-order valence-electron chi connectivity index (χ4n) is 3.40. The van der Waals surface area contributed by atoms with E-state index in [1.807, 2.05) is 48.6 Å². The van der Waals surface area contributed by atoms with Crippen molar-refractivity contribution in [2.24, 2.45) is 0 Å². The van der Waals surface area contributed by atoms with Crippen molar-refractivity contribution in [3.05, 3.63) is 58.7 Å². The monoisotopic (exact) mass is 722 g/mol. The van der Waals surface area contributed by atoms with Gasteiger partial charge in [0.15, 0.2) is 42.2 Å². The molecule has 2 aromatic rings. The van der Waals surface area contributed by atoms with Crippen LogP contribution < -0.4 is 18.9 Å². The molecule has 0 bridgehead atoms. The Hall–Kier alpha value is -1.37. The van der Waals surface area contributed by atoms with Crippen LogP contribution in [0.3, 0.4) is 0 Å². The van der Waals surface area contributed by atoms with Crippen LogP contribution in [0.25, 0.3) is 12.2 Å². The van der Waals surface area contributed by atoms with Crippen molar-refractivity contribution >= 4 is 82.5 Å². The number of ketones is 1. The highest BCUT2D eigenvalue weighted by Gasteiger charge is 2.23. The lowest BCUT2D eigenvalue weighted by molar-refractivity contribution is -0.111. The molecule has 11 heteroatoms. The Kier molecular flexibility index (Phi) is 10.5. The molecule has 0 N–H and O–H groups in total. The summed E-state index contributed by atoms with van der Waals surface area (Å²) in [5.41, 5.74) is 3.27. The van der Waals surface area contributed by atoms with Gasteiger partial charge in [-0.15, -0.1) is 5.90 Å². The van der Waals surface area contributed by atoms with Gasteiger partial charge in [0.1, 0.15) is 0 Å². The Morgan fingerprint density at radius 1 is 0.735 bits per heavy atom. The molecule has 7 nitrogen and oxygen atoms in total. The Balaban J connectivity index is 1.76. The summed E-state index contributed by atoms with van der Waals surface area (Å²) in [6.45, 7) is 0.569. The van der Waals surface area contributed by atoms with Crippen molar-refractivity contribution in [3.8, 4) is 23.0 Å². The largest absolute Gasteiger partial charge is 0.493 e. The Morgan fingerprint density at radius 2 is 1.15 bits per heavy atom. The first-order valence-electron chi connectivity index (χ1n) is 10.1. The third kappa shape index (κ3) is 7.56. The average molecular weight is 726 g/mol. The third-order valence-corrected chi connectivity index (χ3v) is 5.76. The molecule has 34 heavy (non-hydrogen) atoms. The summed E-state index contributed by atoms with van der Waals surface area (Å²) in [5, 5.41) is 0. The van der Waals surface area contributed by atoms with E-state index < -0.39 is 0 Å². The van der Waals surface area contributed by atoms with E-state index >= 15 is 0 Å². The molecule has 0 atom stereocenters. The Morgan fingerprint density at radius 3 is 1.50 bits per heavy atom. The summed E-state index contributed by atoms with van der Waals surface area (Å²) in [6.07, 6.45) is 5.16. The molecule has 0 aliphatic heterocycles. The van der Waals surface area contributed by atoms with E-state index in [1.165, 1.54) is 0 Å². The molecular weight excluding hydrogens is 704 g/mol. The van der Waals surface area contributed by atoms with Crippen molar-refractivity contribution < 1.29 is 23.7 Å². The number of hydrogen-bond donors (Lipinski definition) is 0. The first-order valence-corrected chi connectivity index (χ1v) is 12.9. The van der Waals surface area contributed by atoms with E-state index in [0.717, 1.165) is 22.3 Å². The number of halogens is 4. The SMILES string of the molecule is COc1cc(/C=C2\CC/C(=C\c3ccc(OCN(Br)Br)c(OC)c3)C2=O)ccc1OCN(Br)Br. The van der Waals surface area contributed by atoms with Crippen LogP contribution in [0.1, 0.15) is 24.0 Å². The van der Waals surface area contributed by atoms with Crippen molar-refractivity contribution in [1.82, 2.24) is 5.90 Å². The summed E-state index contributed by atoms with van der Waals surface area (Å²) in [5.74, 6) is 2.44. The molecule has 2 aromatic carbocycles. The zero-order valence-corrected chi connectivity index (χ0v) is 24.7. The zero-order valence-electron chi connectivity index (χ0n) is 18.4. The Bertz CT molecular complexity index is 1010. The number of benzene rings is 2. The lowest BCUT2D eigenvalue weighted by Gasteiger charge is -2.12. The summed E-state index contributed by atoms with van der Waals surface area (Å²) in [4.78, 5) is 13.0. The van der Waals surface area contributed by atoms with E-state index in [1.54, 1.807) is 20.1 Å². The molecule has 0 spiro atoms. The zero-order chi connectivity index (χ0) is 24.7. The standard InChI is InChI=1S/C23H22Br4N2O5/c1-31-21-11-15(3-7-19(21)33-13-28(24)25)9-17-5-6-18(23(17)30)10-16-4-8-20(22(12-16)32-2)34-14-29(26)27/h3-4,7-12H,5-6,13-14H2,1-2H3/b17-9+,18-10+. The maximum absolute atomic E-state index is 13.0. The highest BCUT2D eigenvalue weighted by molar-refractivity contribution is 9.21. The van der Waals surface area contributed by atoms with E-state index in [9.17, 15) is 4.79 Å². The van der Waals surface area contributed by atoms with Gasteiger partial charge in [-0.3, -0.25) is 4.79 Å². The van der Waals surface area contributed by atoms with Gasteiger partial charge in [0.2, 0.25) is 0 Å². The number of carbonyl (C=O) groups is 1. The van der Waals surface area contributed by atoms with Crippen molar-refractivity contribution in [3.63, 3.8) is 0 Å². The topological polar surface area (TPSA) is 60.5 Å². The number of Topliss-reactive ketones (excluding diaryl/α,β-unsaturated/α-hetero) is 1. The maximum atomic E-state index is 13.0. The van der Waals surface area contributed by atoms with Crippen molar-refractivity contribution in [2.75, 3.05) is 27.7 Å². The first-order chi connectivity index (χ1) is 16.3. The van der Waals surface area contributed by atoms with E-state index in [0.29, 0.717) is 35.8 Å². The van der Waals surface area contributed by atoms with Crippen LogP contribution in [0.5, 0.6) is 23.0 Å². The Labute approximate surface area is 233 Å². The molecule has 0 aromatic heterocycles. The van der Waals surface area contributed by atoms with Gasteiger partial charge in [0.05, 0.1) is 14.2 Å². The number of allylic oxidation sites excluding steroid dienone is 2. The number of rotatable bonds is 10. The summed E-state index contributed by atoms with van der Waals surface area (Å²) in [6, 6.07) is 11.2. The lowest BCUT2D eigenvalue weighted by atomic mass is 10.1. The van der Waals surface area contributed by atoms with Gasteiger partial charge < -0.3 is 18.9 Å². The maximum Gasteiger partial charge on any atom is 0.185 e. The van der Waals surface area contributed by atoms with Crippen LogP contribution in [0.2, 0.25) is 0 Å². The van der Waals surface area contributed by atoms with E-state index in [-0.39, 0.29) is 19.2 Å². The fraction of sp³-hybridized carbons (Fsp3) is 0.261. The molecule has 0 amide bonds. The fourth-order valence-corrected chi connectivity index (χ4v) is 3.81. The molecule has 0 saturated heterocycles. The average Bonchev–Trinajstić information content (AvgIpc) is 3.15. The van der Waals surface area contributed by atoms with E-state index in [2.05, 4.69) is 64.6 Å². The minimum absolute atomic E-state index is 0.0435. The van der Waals surface area contributed by atoms with Gasteiger partial charge >= 0.3 is 0 Å². The molecule has 1 aliphatic rings. The smallest absolute Gasteiger partial charge is 0.185 e. The molecule has 0 unspecified atom stereocenters. The van der Waals surface area contributed by atoms with Gasteiger partial charge in [-0.05, 0) is 60.4 Å². The molecule has 3 rings (SSSR count). The van der Waals surface area contributed by atoms with Gasteiger partial charge in [0, 0.05) is 75.7 Å². The van der Waals surface area contributed by atoms with Crippen LogP contribution in [-0.4, -0.2) is 39.4 Å². The number of methoxy groups -OCH3 is 2. The minimum atomic E-state index is 0.0435. The highest BCUT2D eigenvalue weighted by atomic mass is 79.9. The predicted molar refractivity (Wildman–Crippen MR) is 147 cm³/mol. The second-order valence-corrected chi connectivity index (χ2v) is 12.5. The van der Waals surface area contributed by atoms with E-state index in [4.69, 9.17) is 18.9 Å². The van der Waals surface area contributed by atoms with Crippen molar-refractivity contribution in [2.45, 2.75) is 12.8 Å². The number of ether oxygens (including phenoxy) is 4. The molecule has 182 valence electrons. The normalized spacial score (nSPS) is 16.1. The van der Waals surface area contributed by atoms with Gasteiger partial charge in [-0.1, -0.05) is 12.1 Å². The summed E-state index contributed by atoms with van der Waals surface area (Å²) in [7, 11) is 3.17. The lowest BCUT2D eigenvalue weighted by Crippen LogP contribution is -2.07. The molecule has 1 saturated carbocycles. The third-order valence-electron chi connectivity index (χ3n) is 4.94. The molecular formula is C23H22Br4N2O5. The van der Waals surface area contributed by atoms with Gasteiger partial charge in [0.25, 0.3) is 0 Å². The van der Waals surface area contributed by atoms with Crippen LogP contribution in [0.15, 0.2) is 47.5 Å². The number of nitrogens with zero attached hydrogens (tertiary/aromatic N) is 2. The van der Waals surface area contributed by atoms with Crippen molar-refractivity contribution in [1.29, 1.82) is 0 Å². The van der Waals surface area contributed by atoms with Crippen LogP contribution in [-0.2, 0) is 4.79 Å². The number of hydrogen-bond acceptors (Lipinski definition) is 7. The van der Waals surface area contributed by atoms with Gasteiger partial charge in [-0.25, -0.2) is 0 Å². The first kappa shape index (κ1) is 27.2.